The number of thiazole rings is 1. The van der Waals surface area contributed by atoms with Crippen LogP contribution in [-0.4, -0.2) is 125 Å². The summed E-state index contributed by atoms with van der Waals surface area (Å²) in [6.07, 6.45) is 5.36. The number of β-amino-alcohol motifs (C(OH)–C–C–N with tert-alkyl or cyclic N) is 1. The largest absolute Gasteiger partial charge is 0.489 e. The Morgan fingerprint density at radius 3 is 2.34 bits per heavy atom. The number of para-hydroxylation sites is 1. The number of anilines is 4. The van der Waals surface area contributed by atoms with Gasteiger partial charge in [-0.25, -0.2) is 18.4 Å². The number of nitrogens with zero attached hydrogens (tertiary/aromatic N) is 5. The number of aliphatic hydroxyl groups excluding tert-OH is 1. The summed E-state index contributed by atoms with van der Waals surface area (Å²) in [5, 5.41) is 22.5. The van der Waals surface area contributed by atoms with E-state index < -0.39 is 50.5 Å². The SMILES string of the molecule is Cc1cc(Nc2ncc(Cl)c(Nc3ccccc3S(=O)(=O)C(C)C)n2)c(OC(C)C)cc1C1CCN(CCCCCOCC(=O)N[C@@H](C(=O)N2C[C@@H](O)C[C@@H]2C(=O)NCc2ccc(-c3scnc3C)cc2)C(C)(C)C)CC1. The molecule has 2 aliphatic heterocycles. The molecule has 0 saturated carbocycles. The summed E-state index contributed by atoms with van der Waals surface area (Å²) in [6, 6.07) is 17.0. The topological polar surface area (TPSA) is 217 Å². The van der Waals surface area contributed by atoms with Gasteiger partial charge in [0.15, 0.2) is 15.7 Å². The summed E-state index contributed by atoms with van der Waals surface area (Å²) in [7, 11) is -3.59. The average Bonchev–Trinajstić information content (AvgIpc) is 4.01. The third-order valence-corrected chi connectivity index (χ3v) is 17.5. The van der Waals surface area contributed by atoms with Crippen LogP contribution in [0.5, 0.6) is 5.75 Å². The van der Waals surface area contributed by atoms with Crippen LogP contribution in [0.15, 0.2) is 77.3 Å². The summed E-state index contributed by atoms with van der Waals surface area (Å²) in [5.41, 5.74) is 7.49. The highest BCUT2D eigenvalue weighted by molar-refractivity contribution is 7.92. The predicted molar refractivity (Wildman–Crippen MR) is 304 cm³/mol. The van der Waals surface area contributed by atoms with Crippen LogP contribution in [0.1, 0.15) is 115 Å². The molecule has 7 rings (SSSR count). The normalized spacial score (nSPS) is 16.9. The van der Waals surface area contributed by atoms with Crippen LogP contribution in [0.25, 0.3) is 10.4 Å². The molecule has 3 amide bonds. The number of likely N-dealkylation sites (tertiary alicyclic amines) is 2. The third-order valence-electron chi connectivity index (χ3n) is 14.0. The molecule has 2 saturated heterocycles. The Morgan fingerprint density at radius 2 is 1.66 bits per heavy atom. The second kappa shape index (κ2) is 26.3. The average molecular weight is 1110 g/mol. The van der Waals surface area contributed by atoms with Crippen LogP contribution in [0.2, 0.25) is 5.02 Å². The molecule has 0 unspecified atom stereocenters. The number of rotatable bonds is 23. The molecule has 416 valence electrons. The Morgan fingerprint density at radius 1 is 0.935 bits per heavy atom. The number of hydrogen-bond donors (Lipinski definition) is 5. The number of carbonyl (C=O) groups is 3. The van der Waals surface area contributed by atoms with Crippen molar-refractivity contribution in [1.82, 2.24) is 35.4 Å². The molecular weight excluding hydrogens is 1040 g/mol. The Kier molecular flexibility index (Phi) is 20.1. The number of ether oxygens (including phenoxy) is 2. The van der Waals surface area contributed by atoms with Gasteiger partial charge in [-0.05, 0) is 151 Å². The summed E-state index contributed by atoms with van der Waals surface area (Å²) < 4.78 is 38.4. The second-order valence-corrected chi connectivity index (χ2v) is 25.5. The summed E-state index contributed by atoms with van der Waals surface area (Å²) in [4.78, 5) is 59.4. The minimum absolute atomic E-state index is 0.00244. The highest BCUT2D eigenvalue weighted by Crippen LogP contribution is 2.39. The van der Waals surface area contributed by atoms with E-state index in [1.165, 1.54) is 16.7 Å². The van der Waals surface area contributed by atoms with Crippen molar-refractivity contribution in [3.63, 3.8) is 0 Å². The minimum atomic E-state index is -3.59. The van der Waals surface area contributed by atoms with Crippen LogP contribution >= 0.6 is 22.9 Å². The zero-order valence-electron chi connectivity index (χ0n) is 45.8. The molecule has 5 aromatic rings. The molecule has 0 bridgehead atoms. The van der Waals surface area contributed by atoms with E-state index in [9.17, 15) is 27.9 Å². The van der Waals surface area contributed by atoms with Crippen molar-refractivity contribution in [2.45, 2.75) is 148 Å². The van der Waals surface area contributed by atoms with E-state index in [4.69, 9.17) is 21.1 Å². The molecule has 0 aliphatic carbocycles. The molecule has 77 heavy (non-hydrogen) atoms. The van der Waals surface area contributed by atoms with Crippen LogP contribution in [0.4, 0.5) is 23.1 Å². The lowest BCUT2D eigenvalue weighted by Crippen LogP contribution is -2.58. The van der Waals surface area contributed by atoms with Gasteiger partial charge in [-0.1, -0.05) is 68.8 Å². The molecule has 4 heterocycles. The number of sulfone groups is 1. The van der Waals surface area contributed by atoms with E-state index in [0.717, 1.165) is 79.0 Å². The Bertz CT molecular complexity index is 2940. The molecular formula is C57H76ClN9O8S2. The quantitative estimate of drug-likeness (QED) is 0.0385. The van der Waals surface area contributed by atoms with Crippen molar-refractivity contribution in [2.24, 2.45) is 5.41 Å². The molecule has 0 spiro atoms. The number of halogens is 1. The number of unbranched alkanes of at least 4 members (excludes halogenated alkanes) is 2. The molecule has 5 N–H and O–H groups in total. The van der Waals surface area contributed by atoms with E-state index in [1.54, 1.807) is 49.4 Å². The maximum absolute atomic E-state index is 14.1. The van der Waals surface area contributed by atoms with Crippen molar-refractivity contribution >= 4 is 73.6 Å². The molecule has 3 aromatic carbocycles. The number of aliphatic hydroxyl groups is 1. The molecule has 17 nitrogen and oxygen atoms in total. The fourth-order valence-corrected chi connectivity index (χ4v) is 11.9. The smallest absolute Gasteiger partial charge is 0.246 e. The van der Waals surface area contributed by atoms with Crippen LogP contribution < -0.4 is 26.0 Å². The van der Waals surface area contributed by atoms with Gasteiger partial charge < -0.3 is 45.6 Å². The van der Waals surface area contributed by atoms with Gasteiger partial charge in [0.05, 0.1) is 56.0 Å². The number of aryl methyl sites for hydroxylation is 2. The van der Waals surface area contributed by atoms with E-state index in [0.29, 0.717) is 29.6 Å². The van der Waals surface area contributed by atoms with Gasteiger partial charge in [-0.3, -0.25) is 14.4 Å². The number of aromatic nitrogens is 3. The van der Waals surface area contributed by atoms with E-state index in [1.807, 2.05) is 71.3 Å². The third kappa shape index (κ3) is 15.5. The van der Waals surface area contributed by atoms with E-state index in [-0.39, 0.29) is 59.8 Å². The second-order valence-electron chi connectivity index (χ2n) is 21.8. The highest BCUT2D eigenvalue weighted by atomic mass is 35.5. The number of amides is 3. The summed E-state index contributed by atoms with van der Waals surface area (Å²) in [6.45, 7) is 20.3. The number of nitrogens with one attached hydrogen (secondary N) is 4. The van der Waals surface area contributed by atoms with Crippen LogP contribution in [0, 0.1) is 19.3 Å². The minimum Gasteiger partial charge on any atom is -0.489 e. The van der Waals surface area contributed by atoms with Crippen LogP contribution in [-0.2, 0) is 35.5 Å². The van der Waals surface area contributed by atoms with E-state index >= 15 is 0 Å². The first kappa shape index (κ1) is 59.0. The summed E-state index contributed by atoms with van der Waals surface area (Å²) in [5.74, 6) is 0.373. The Hall–Kier alpha value is -5.70. The maximum atomic E-state index is 14.1. The fourth-order valence-electron chi connectivity index (χ4n) is 9.76. The van der Waals surface area contributed by atoms with Crippen LogP contribution in [0.3, 0.4) is 0 Å². The van der Waals surface area contributed by atoms with Crippen molar-refractivity contribution in [1.29, 1.82) is 0 Å². The number of benzene rings is 3. The van der Waals surface area contributed by atoms with Gasteiger partial charge in [0, 0.05) is 26.1 Å². The van der Waals surface area contributed by atoms with E-state index in [2.05, 4.69) is 60.2 Å². The summed E-state index contributed by atoms with van der Waals surface area (Å²) >= 11 is 8.11. The first-order chi connectivity index (χ1) is 36.6. The molecule has 0 radical (unpaired) electrons. The van der Waals surface area contributed by atoms with Gasteiger partial charge in [0.1, 0.15) is 29.5 Å². The monoisotopic (exact) mass is 1110 g/mol. The number of piperidine rings is 1. The Labute approximate surface area is 463 Å². The van der Waals surface area contributed by atoms with Gasteiger partial charge in [-0.15, -0.1) is 11.3 Å². The fraction of sp³-hybridized carbons (Fsp3) is 0.509. The van der Waals surface area contributed by atoms with Crippen molar-refractivity contribution in [3.8, 4) is 16.2 Å². The number of hydrogen-bond acceptors (Lipinski definition) is 15. The molecule has 2 aliphatic rings. The standard InChI is InChI=1S/C57H76ClN9O8S2/c1-35(2)75-48-29-43(37(5)27-46(48)63-56-60-31-44(58)53(65-56)62-45-15-11-12-16-49(45)77(72,73)36(3)4)40-21-24-66(25-22-40)23-13-10-14-26-74-33-50(69)64-52(57(7,8)9)55(71)67-32-42(68)28-47(67)54(70)59-30-39-17-19-41(20-18-39)51-38(6)61-34-76-51/h11-12,15-20,27,29,31,34-36,40,42,47,52,68H,10,13-14,21-26,28,30,32-33H2,1-9H3,(H,59,70)(H,64,69)(H2,60,62,63,65)/t42-,47+,52-/m0/s1. The number of carbonyl (C=O) groups excluding carboxylic acids is 3. The molecule has 3 atom stereocenters. The lowest BCUT2D eigenvalue weighted by molar-refractivity contribution is -0.144. The van der Waals surface area contributed by atoms with Gasteiger partial charge in [0.2, 0.25) is 23.7 Å². The molecule has 2 aromatic heterocycles. The lowest BCUT2D eigenvalue weighted by atomic mass is 9.85. The highest BCUT2D eigenvalue weighted by Gasteiger charge is 2.44. The van der Waals surface area contributed by atoms with Gasteiger partial charge in [-0.2, -0.15) is 4.98 Å². The predicted octanol–water partition coefficient (Wildman–Crippen LogP) is 9.50. The van der Waals surface area contributed by atoms with Crippen molar-refractivity contribution in [2.75, 3.05) is 50.0 Å². The zero-order chi connectivity index (χ0) is 55.6. The lowest BCUT2D eigenvalue weighted by Gasteiger charge is -2.35. The first-order valence-corrected chi connectivity index (χ1v) is 29.4. The Balaban J connectivity index is 0.838. The molecule has 2 fully saturated rings. The first-order valence-electron chi connectivity index (χ1n) is 26.6. The van der Waals surface area contributed by atoms with Gasteiger partial charge >= 0.3 is 0 Å². The zero-order valence-corrected chi connectivity index (χ0v) is 48.2. The maximum Gasteiger partial charge on any atom is 0.246 e. The molecule has 20 heteroatoms. The van der Waals surface area contributed by atoms with Crippen molar-refractivity contribution < 1.29 is 37.4 Å². The van der Waals surface area contributed by atoms with Gasteiger partial charge in [0.25, 0.3) is 0 Å². The van der Waals surface area contributed by atoms with Crippen molar-refractivity contribution in [3.05, 3.63) is 99.8 Å².